The van der Waals surface area contributed by atoms with Crippen molar-refractivity contribution in [2.75, 3.05) is 33.2 Å². The van der Waals surface area contributed by atoms with Crippen LogP contribution in [0.3, 0.4) is 0 Å². The van der Waals surface area contributed by atoms with E-state index in [0.717, 1.165) is 5.92 Å². The smallest absolute Gasteiger partial charge is 0.00475 e. The molecule has 1 fully saturated rings. The van der Waals surface area contributed by atoms with Crippen LogP contribution in [0.4, 0.5) is 0 Å². The van der Waals surface area contributed by atoms with Crippen LogP contribution in [0.1, 0.15) is 40.0 Å². The largest absolute Gasteiger partial charge is 0.316 e. The molecule has 1 aliphatic heterocycles. The van der Waals surface area contributed by atoms with Crippen LogP contribution < -0.4 is 5.32 Å². The van der Waals surface area contributed by atoms with Gasteiger partial charge in [-0.2, -0.15) is 0 Å². The average Bonchev–Trinajstić information content (AvgIpc) is 2.64. The predicted octanol–water partition coefficient (Wildman–Crippen LogP) is 2.35. The van der Waals surface area contributed by atoms with Gasteiger partial charge in [0.2, 0.25) is 0 Å². The van der Waals surface area contributed by atoms with Gasteiger partial charge in [-0.05, 0) is 50.7 Å². The molecule has 1 atom stereocenters. The molecule has 2 heteroatoms. The summed E-state index contributed by atoms with van der Waals surface area (Å²) in [6, 6.07) is 0. The maximum Gasteiger partial charge on any atom is 0.00475 e. The highest BCUT2D eigenvalue weighted by Gasteiger charge is 2.32. The van der Waals surface area contributed by atoms with Crippen molar-refractivity contribution in [3.8, 4) is 0 Å². The van der Waals surface area contributed by atoms with E-state index in [0.29, 0.717) is 5.41 Å². The van der Waals surface area contributed by atoms with Gasteiger partial charge in [0.15, 0.2) is 0 Å². The number of hydrogen-bond donors (Lipinski definition) is 1. The van der Waals surface area contributed by atoms with E-state index in [2.05, 4.69) is 38.0 Å². The molecule has 1 aliphatic rings. The zero-order valence-electron chi connectivity index (χ0n) is 11.0. The molecule has 1 rings (SSSR count). The maximum atomic E-state index is 3.51. The van der Waals surface area contributed by atoms with Crippen LogP contribution in [0.2, 0.25) is 0 Å². The van der Waals surface area contributed by atoms with Gasteiger partial charge in [-0.1, -0.05) is 20.8 Å². The van der Waals surface area contributed by atoms with Crippen molar-refractivity contribution in [3.05, 3.63) is 0 Å². The summed E-state index contributed by atoms with van der Waals surface area (Å²) in [4.78, 5) is 2.52. The molecule has 0 spiro atoms. The van der Waals surface area contributed by atoms with Gasteiger partial charge in [0, 0.05) is 13.1 Å². The zero-order chi connectivity index (χ0) is 11.3. The van der Waals surface area contributed by atoms with Crippen LogP contribution in [-0.2, 0) is 0 Å². The molecular weight excluding hydrogens is 184 g/mol. The molecule has 0 aliphatic carbocycles. The molecule has 0 aromatic carbocycles. The maximum absolute atomic E-state index is 3.51. The van der Waals surface area contributed by atoms with Crippen LogP contribution in [0.15, 0.2) is 0 Å². The fourth-order valence-electron chi connectivity index (χ4n) is 2.47. The SMILES string of the molecule is CCC1(CN(C)CCC(C)C)CCNC1. The van der Waals surface area contributed by atoms with Crippen molar-refractivity contribution in [1.29, 1.82) is 0 Å². The third-order valence-corrected chi connectivity index (χ3v) is 3.78. The van der Waals surface area contributed by atoms with E-state index in [4.69, 9.17) is 0 Å². The van der Waals surface area contributed by atoms with Gasteiger partial charge >= 0.3 is 0 Å². The Morgan fingerprint density at radius 3 is 2.60 bits per heavy atom. The summed E-state index contributed by atoms with van der Waals surface area (Å²) < 4.78 is 0. The summed E-state index contributed by atoms with van der Waals surface area (Å²) in [5.41, 5.74) is 0.561. The second-order valence-electron chi connectivity index (χ2n) is 5.70. The van der Waals surface area contributed by atoms with Crippen molar-refractivity contribution < 1.29 is 0 Å². The Balaban J connectivity index is 2.31. The Hall–Kier alpha value is -0.0800. The zero-order valence-corrected chi connectivity index (χ0v) is 11.0. The van der Waals surface area contributed by atoms with Gasteiger partial charge in [-0.25, -0.2) is 0 Å². The Labute approximate surface area is 95.4 Å². The Kier molecular flexibility index (Phi) is 5.07. The molecule has 0 radical (unpaired) electrons. The first-order valence-electron chi connectivity index (χ1n) is 6.47. The first-order chi connectivity index (χ1) is 7.08. The highest BCUT2D eigenvalue weighted by Crippen LogP contribution is 2.30. The minimum absolute atomic E-state index is 0.561. The van der Waals surface area contributed by atoms with E-state index in [-0.39, 0.29) is 0 Å². The van der Waals surface area contributed by atoms with Gasteiger partial charge in [-0.15, -0.1) is 0 Å². The van der Waals surface area contributed by atoms with Crippen LogP contribution in [0.5, 0.6) is 0 Å². The van der Waals surface area contributed by atoms with Crippen molar-refractivity contribution in [2.24, 2.45) is 11.3 Å². The lowest BCUT2D eigenvalue weighted by Crippen LogP contribution is -2.37. The third kappa shape index (κ3) is 4.12. The van der Waals surface area contributed by atoms with E-state index < -0.39 is 0 Å². The van der Waals surface area contributed by atoms with Crippen LogP contribution in [0.25, 0.3) is 0 Å². The Morgan fingerprint density at radius 1 is 1.40 bits per heavy atom. The van der Waals surface area contributed by atoms with Gasteiger partial charge in [0.05, 0.1) is 0 Å². The fourth-order valence-corrected chi connectivity index (χ4v) is 2.47. The summed E-state index contributed by atoms with van der Waals surface area (Å²) in [5, 5.41) is 3.51. The lowest BCUT2D eigenvalue weighted by Gasteiger charge is -2.32. The van der Waals surface area contributed by atoms with Crippen molar-refractivity contribution >= 4 is 0 Å². The van der Waals surface area contributed by atoms with E-state index in [1.54, 1.807) is 0 Å². The quantitative estimate of drug-likeness (QED) is 0.727. The van der Waals surface area contributed by atoms with Crippen molar-refractivity contribution in [2.45, 2.75) is 40.0 Å². The molecule has 1 heterocycles. The lowest BCUT2D eigenvalue weighted by atomic mass is 9.84. The van der Waals surface area contributed by atoms with Gasteiger partial charge < -0.3 is 10.2 Å². The van der Waals surface area contributed by atoms with E-state index >= 15 is 0 Å². The van der Waals surface area contributed by atoms with E-state index in [1.807, 2.05) is 0 Å². The second-order valence-corrected chi connectivity index (χ2v) is 5.70. The van der Waals surface area contributed by atoms with Crippen molar-refractivity contribution in [1.82, 2.24) is 10.2 Å². The number of hydrogen-bond acceptors (Lipinski definition) is 2. The predicted molar refractivity (Wildman–Crippen MR) is 67.2 cm³/mol. The molecule has 1 unspecified atom stereocenters. The normalized spacial score (nSPS) is 26.8. The Morgan fingerprint density at radius 2 is 2.13 bits per heavy atom. The van der Waals surface area contributed by atoms with Crippen molar-refractivity contribution in [3.63, 3.8) is 0 Å². The minimum atomic E-state index is 0.561. The minimum Gasteiger partial charge on any atom is -0.316 e. The van der Waals surface area contributed by atoms with E-state index in [1.165, 1.54) is 45.4 Å². The molecule has 15 heavy (non-hydrogen) atoms. The molecule has 0 aromatic rings. The molecule has 1 saturated heterocycles. The van der Waals surface area contributed by atoms with Gasteiger partial charge in [-0.3, -0.25) is 0 Å². The summed E-state index contributed by atoms with van der Waals surface area (Å²) in [6.45, 7) is 11.9. The lowest BCUT2D eigenvalue weighted by molar-refractivity contribution is 0.179. The number of nitrogens with zero attached hydrogens (tertiary/aromatic N) is 1. The molecule has 0 saturated carbocycles. The topological polar surface area (TPSA) is 15.3 Å². The van der Waals surface area contributed by atoms with Crippen LogP contribution in [0, 0.1) is 11.3 Å². The van der Waals surface area contributed by atoms with E-state index in [9.17, 15) is 0 Å². The molecule has 0 bridgehead atoms. The second kappa shape index (κ2) is 5.86. The summed E-state index contributed by atoms with van der Waals surface area (Å²) in [6.07, 6.45) is 3.99. The monoisotopic (exact) mass is 212 g/mol. The first kappa shape index (κ1) is 13.0. The Bertz CT molecular complexity index is 171. The molecule has 0 aromatic heterocycles. The van der Waals surface area contributed by atoms with Gasteiger partial charge in [0.25, 0.3) is 0 Å². The highest BCUT2D eigenvalue weighted by molar-refractivity contribution is 4.88. The summed E-state index contributed by atoms with van der Waals surface area (Å²) in [7, 11) is 2.28. The summed E-state index contributed by atoms with van der Waals surface area (Å²) in [5.74, 6) is 0.826. The standard InChI is InChI=1S/C13H28N2/c1-5-13(7-8-14-10-13)11-15(4)9-6-12(2)3/h12,14H,5-11H2,1-4H3. The molecule has 1 N–H and O–H groups in total. The third-order valence-electron chi connectivity index (χ3n) is 3.78. The molecule has 0 amide bonds. The van der Waals surface area contributed by atoms with Gasteiger partial charge in [0.1, 0.15) is 0 Å². The van der Waals surface area contributed by atoms with Crippen LogP contribution >= 0.6 is 0 Å². The highest BCUT2D eigenvalue weighted by atomic mass is 15.1. The number of nitrogens with one attached hydrogen (secondary N) is 1. The molecule has 2 nitrogen and oxygen atoms in total. The molecular formula is C13H28N2. The molecule has 90 valence electrons. The number of rotatable bonds is 6. The average molecular weight is 212 g/mol. The fraction of sp³-hybridized carbons (Fsp3) is 1.00. The van der Waals surface area contributed by atoms with Crippen LogP contribution in [-0.4, -0.2) is 38.1 Å². The first-order valence-corrected chi connectivity index (χ1v) is 6.47. The summed E-state index contributed by atoms with van der Waals surface area (Å²) >= 11 is 0.